The summed E-state index contributed by atoms with van der Waals surface area (Å²) < 4.78 is 1.66. The fourth-order valence-electron chi connectivity index (χ4n) is 2.41. The van der Waals surface area contributed by atoms with Crippen LogP contribution >= 0.6 is 0 Å². The highest BCUT2D eigenvalue weighted by atomic mass is 16.1. The molecular weight excluding hydrogens is 328 g/mol. The summed E-state index contributed by atoms with van der Waals surface area (Å²) in [5.74, 6) is 2.39. The molecule has 0 aliphatic rings. The standard InChI is InChI=1S/C19H14N6O/c1-2-17(26)22-14-6-5-9-25(12-14)19-18(13(10-20)11-21)23-15-7-3-4-8-16(15)24-19/h3-9,12,20H,2H2,1H3/p+1. The molecule has 0 spiro atoms. The van der Waals surface area contributed by atoms with Crippen molar-refractivity contribution in [3.05, 3.63) is 54.5 Å². The number of carbonyl (C=O) groups excluding carboxylic acids is 1. The van der Waals surface area contributed by atoms with Crippen molar-refractivity contribution in [2.45, 2.75) is 13.3 Å². The van der Waals surface area contributed by atoms with E-state index in [0.29, 0.717) is 29.0 Å². The number of para-hydroxylation sites is 2. The van der Waals surface area contributed by atoms with Gasteiger partial charge in [0.1, 0.15) is 23.4 Å². The molecular formula is C19H15N6O+. The molecule has 0 fully saturated rings. The zero-order valence-electron chi connectivity index (χ0n) is 14.0. The predicted octanol–water partition coefficient (Wildman–Crippen LogP) is 2.41. The van der Waals surface area contributed by atoms with E-state index >= 15 is 0 Å². The maximum Gasteiger partial charge on any atom is 0.356 e. The van der Waals surface area contributed by atoms with E-state index in [1.165, 1.54) is 0 Å². The number of pyridine rings is 1. The summed E-state index contributed by atoms with van der Waals surface area (Å²) in [6.45, 7) is 1.77. The van der Waals surface area contributed by atoms with Gasteiger partial charge < -0.3 is 5.32 Å². The minimum Gasteiger partial charge on any atom is -0.323 e. The first-order chi connectivity index (χ1) is 12.7. The molecule has 0 radical (unpaired) electrons. The summed E-state index contributed by atoms with van der Waals surface area (Å²) in [7, 11) is 0. The van der Waals surface area contributed by atoms with Crippen molar-refractivity contribution in [3.63, 3.8) is 0 Å². The Morgan fingerprint density at radius 1 is 1.23 bits per heavy atom. The van der Waals surface area contributed by atoms with E-state index in [1.54, 1.807) is 42.1 Å². The van der Waals surface area contributed by atoms with Gasteiger partial charge in [-0.1, -0.05) is 19.1 Å². The average Bonchev–Trinajstić information content (AvgIpc) is 2.68. The second kappa shape index (κ2) is 7.34. The van der Waals surface area contributed by atoms with Gasteiger partial charge in [0, 0.05) is 6.42 Å². The van der Waals surface area contributed by atoms with Crippen molar-refractivity contribution >= 4 is 34.1 Å². The van der Waals surface area contributed by atoms with Crippen molar-refractivity contribution < 1.29 is 9.36 Å². The van der Waals surface area contributed by atoms with E-state index in [9.17, 15) is 10.1 Å². The van der Waals surface area contributed by atoms with Crippen LogP contribution in [0.15, 0.2) is 48.8 Å². The summed E-state index contributed by atoms with van der Waals surface area (Å²) in [5, 5.41) is 19.5. The molecule has 2 aromatic heterocycles. The van der Waals surface area contributed by atoms with Gasteiger partial charge in [-0.3, -0.25) is 10.2 Å². The molecule has 126 valence electrons. The topological polar surface area (TPSA) is 106 Å². The average molecular weight is 343 g/mol. The van der Waals surface area contributed by atoms with Crippen molar-refractivity contribution in [1.82, 2.24) is 9.97 Å². The van der Waals surface area contributed by atoms with Gasteiger partial charge in [-0.15, -0.1) is 0 Å². The number of aromatic nitrogens is 3. The fourth-order valence-corrected chi connectivity index (χ4v) is 2.41. The number of benzene rings is 1. The Balaban J connectivity index is 2.22. The molecule has 2 N–H and O–H groups in total. The van der Waals surface area contributed by atoms with Crippen LogP contribution in [0.3, 0.4) is 0 Å². The predicted molar refractivity (Wildman–Crippen MR) is 96.7 cm³/mol. The van der Waals surface area contributed by atoms with Crippen LogP contribution in [0.4, 0.5) is 5.69 Å². The summed E-state index contributed by atoms with van der Waals surface area (Å²) in [6, 6.07) is 12.7. The molecule has 0 bridgehead atoms. The minimum atomic E-state index is -0.107. The smallest absolute Gasteiger partial charge is 0.323 e. The van der Waals surface area contributed by atoms with Crippen LogP contribution in [0.25, 0.3) is 22.4 Å². The highest BCUT2D eigenvalue weighted by Crippen LogP contribution is 2.18. The van der Waals surface area contributed by atoms with Gasteiger partial charge in [-0.25, -0.2) is 4.98 Å². The number of amides is 1. The first kappa shape index (κ1) is 17.0. The zero-order valence-corrected chi connectivity index (χ0v) is 14.0. The highest BCUT2D eigenvalue weighted by Gasteiger charge is 2.23. The number of fused-ring (bicyclic) bond motifs is 1. The minimum absolute atomic E-state index is 0.0197. The molecule has 3 aromatic rings. The number of anilines is 1. The zero-order chi connectivity index (χ0) is 18.5. The molecule has 7 heteroatoms. The van der Waals surface area contributed by atoms with E-state index < -0.39 is 0 Å². The normalized spacial score (nSPS) is 10.0. The number of rotatable bonds is 4. The Kier molecular flexibility index (Phi) is 4.79. The van der Waals surface area contributed by atoms with Crippen LogP contribution in [-0.4, -0.2) is 21.7 Å². The van der Waals surface area contributed by atoms with Crippen molar-refractivity contribution in [2.75, 3.05) is 5.32 Å². The van der Waals surface area contributed by atoms with Crippen LogP contribution in [-0.2, 0) is 4.79 Å². The van der Waals surface area contributed by atoms with E-state index in [-0.39, 0.29) is 17.2 Å². The van der Waals surface area contributed by atoms with Gasteiger partial charge >= 0.3 is 5.82 Å². The third-order valence-corrected chi connectivity index (χ3v) is 3.68. The van der Waals surface area contributed by atoms with E-state index in [0.717, 1.165) is 0 Å². The molecule has 0 aliphatic heterocycles. The second-order valence-corrected chi connectivity index (χ2v) is 5.40. The quantitative estimate of drug-likeness (QED) is 0.431. The largest absolute Gasteiger partial charge is 0.356 e. The Bertz CT molecular complexity index is 1090. The molecule has 1 amide bonds. The second-order valence-electron chi connectivity index (χ2n) is 5.40. The summed E-state index contributed by atoms with van der Waals surface area (Å²) in [4.78, 5) is 20.7. The molecule has 0 saturated heterocycles. The van der Waals surface area contributed by atoms with Crippen LogP contribution in [0.2, 0.25) is 0 Å². The van der Waals surface area contributed by atoms with E-state index in [4.69, 9.17) is 5.41 Å². The maximum absolute atomic E-state index is 11.6. The number of nitrogens with zero attached hydrogens (tertiary/aromatic N) is 4. The lowest BCUT2D eigenvalue weighted by Crippen LogP contribution is -2.33. The van der Waals surface area contributed by atoms with Gasteiger partial charge in [-0.05, 0) is 35.1 Å². The van der Waals surface area contributed by atoms with Gasteiger partial charge in [0.2, 0.25) is 11.4 Å². The first-order valence-electron chi connectivity index (χ1n) is 7.94. The molecule has 2 heterocycles. The van der Waals surface area contributed by atoms with Crippen molar-refractivity contribution in [2.24, 2.45) is 0 Å². The Morgan fingerprint density at radius 3 is 2.62 bits per heavy atom. The van der Waals surface area contributed by atoms with Crippen LogP contribution in [0.1, 0.15) is 19.0 Å². The van der Waals surface area contributed by atoms with Gasteiger partial charge in [0.25, 0.3) is 0 Å². The number of nitriles is 1. The Hall–Kier alpha value is -3.88. The number of nitrogens with one attached hydrogen (secondary N) is 2. The SMILES string of the molecule is CCC(=O)Nc1ccc[n+](-c2nc3ccccc3nc2C(=C=N)C#N)c1. The molecule has 26 heavy (non-hydrogen) atoms. The van der Waals surface area contributed by atoms with E-state index in [1.807, 2.05) is 24.3 Å². The number of hydrogen-bond acceptors (Lipinski definition) is 5. The number of carbonyl (C=O) groups is 1. The molecule has 3 rings (SSSR count). The number of allylic oxidation sites excluding steroid dienone is 1. The molecule has 1 aromatic carbocycles. The summed E-state index contributed by atoms with van der Waals surface area (Å²) >= 11 is 0. The lowest BCUT2D eigenvalue weighted by molar-refractivity contribution is -0.599. The first-order valence-corrected chi connectivity index (χ1v) is 7.94. The van der Waals surface area contributed by atoms with E-state index in [2.05, 4.69) is 21.2 Å². The van der Waals surface area contributed by atoms with Gasteiger partial charge in [0.05, 0.1) is 11.9 Å². The maximum atomic E-state index is 11.6. The van der Waals surface area contributed by atoms with Crippen molar-refractivity contribution in [1.29, 1.82) is 10.7 Å². The van der Waals surface area contributed by atoms with Crippen molar-refractivity contribution in [3.8, 4) is 11.9 Å². The summed E-state index contributed by atoms with van der Waals surface area (Å²) in [5.41, 5.74) is 2.10. The third-order valence-electron chi connectivity index (χ3n) is 3.68. The molecule has 0 saturated carbocycles. The van der Waals surface area contributed by atoms with Gasteiger partial charge in [0.15, 0.2) is 5.69 Å². The van der Waals surface area contributed by atoms with Crippen LogP contribution in [0.5, 0.6) is 0 Å². The molecule has 0 unspecified atom stereocenters. The molecule has 0 aliphatic carbocycles. The molecule has 0 atom stereocenters. The summed E-state index contributed by atoms with van der Waals surface area (Å²) in [6.07, 6.45) is 3.79. The number of hydrogen-bond donors (Lipinski definition) is 2. The van der Waals surface area contributed by atoms with Gasteiger partial charge in [-0.2, -0.15) is 9.83 Å². The van der Waals surface area contributed by atoms with Crippen LogP contribution in [0, 0.1) is 16.7 Å². The van der Waals surface area contributed by atoms with Crippen LogP contribution < -0.4 is 9.88 Å². The Morgan fingerprint density at radius 2 is 1.96 bits per heavy atom. The molecule has 7 nitrogen and oxygen atoms in total. The fraction of sp³-hybridized carbons (Fsp3) is 0.105. The Labute approximate surface area is 149 Å². The third kappa shape index (κ3) is 3.31. The lowest BCUT2D eigenvalue weighted by Gasteiger charge is -2.06. The highest BCUT2D eigenvalue weighted by molar-refractivity contribution is 5.97. The monoisotopic (exact) mass is 343 g/mol. The lowest BCUT2D eigenvalue weighted by atomic mass is 10.2.